The number of aromatic nitrogens is 4. The van der Waals surface area contributed by atoms with Crippen LogP contribution in [-0.2, 0) is 23.4 Å². The maximum atomic E-state index is 15.7. The molecule has 230 valence electrons. The van der Waals surface area contributed by atoms with E-state index in [4.69, 9.17) is 30.1 Å². The smallest absolute Gasteiger partial charge is 0.459 e. The molecule has 0 saturated carbocycles. The standard InChI is InChI=1S/C26H35ClFN6O7P/c1-6-29-22-20-23(32-17(5)31-22)34(14-30-20)24-19(28)21(35)26(12-27,40-24)13-38-42(37,41-18-10-8-7-9-11-18)33-16(4)25(36)39-15(2)3/h7-11,14-16,19,21,24,35H,6,12-13H2,1-5H3,(H,33,37)(H,29,31,32)/t16-,19+,21-,24+,26+,42-/m0/s1. The number of fused-ring (bicyclic) bond motifs is 1. The highest BCUT2D eigenvalue weighted by Gasteiger charge is 2.57. The Morgan fingerprint density at radius 3 is 2.64 bits per heavy atom. The summed E-state index contributed by atoms with van der Waals surface area (Å²) in [5.74, 6) is -0.0841. The van der Waals surface area contributed by atoms with Crippen LogP contribution < -0.4 is 14.9 Å². The zero-order valence-electron chi connectivity index (χ0n) is 23.9. The molecular weight excluding hydrogens is 594 g/mol. The van der Waals surface area contributed by atoms with Gasteiger partial charge in [0.15, 0.2) is 29.4 Å². The van der Waals surface area contributed by atoms with Gasteiger partial charge in [-0.3, -0.25) is 13.9 Å². The molecule has 0 spiro atoms. The molecular formula is C26H35ClFN6O7P. The summed E-state index contributed by atoms with van der Waals surface area (Å²) >= 11 is 6.25. The van der Waals surface area contributed by atoms with Crippen LogP contribution in [0.15, 0.2) is 36.7 Å². The van der Waals surface area contributed by atoms with Crippen LogP contribution in [0.1, 0.15) is 39.7 Å². The Hall–Kier alpha value is -2.87. The second-order valence-corrected chi connectivity index (χ2v) is 12.0. The van der Waals surface area contributed by atoms with Gasteiger partial charge in [0.05, 0.1) is 24.9 Å². The zero-order valence-corrected chi connectivity index (χ0v) is 25.5. The van der Waals surface area contributed by atoms with Crippen molar-refractivity contribution in [2.24, 2.45) is 0 Å². The molecule has 3 N–H and O–H groups in total. The van der Waals surface area contributed by atoms with Crippen molar-refractivity contribution in [1.82, 2.24) is 24.6 Å². The Bertz CT molecular complexity index is 1430. The van der Waals surface area contributed by atoms with Gasteiger partial charge < -0.3 is 24.4 Å². The van der Waals surface area contributed by atoms with E-state index in [9.17, 15) is 14.5 Å². The lowest BCUT2D eigenvalue weighted by molar-refractivity contribution is -0.149. The minimum Gasteiger partial charge on any atom is -0.462 e. The number of benzene rings is 1. The average Bonchev–Trinajstić information content (AvgIpc) is 3.46. The molecule has 16 heteroatoms. The number of hydrogen-bond acceptors (Lipinski definition) is 11. The highest BCUT2D eigenvalue weighted by Crippen LogP contribution is 2.49. The number of carbonyl (C=O) groups is 1. The van der Waals surface area contributed by atoms with Gasteiger partial charge in [0.1, 0.15) is 29.3 Å². The number of aliphatic hydroxyl groups is 1. The van der Waals surface area contributed by atoms with Crippen molar-refractivity contribution in [2.45, 2.75) is 70.9 Å². The topological polar surface area (TPSA) is 159 Å². The van der Waals surface area contributed by atoms with Crippen LogP contribution in [0.4, 0.5) is 10.2 Å². The molecule has 2 aromatic heterocycles. The molecule has 0 unspecified atom stereocenters. The predicted molar refractivity (Wildman–Crippen MR) is 153 cm³/mol. The van der Waals surface area contributed by atoms with Gasteiger partial charge in [0.2, 0.25) is 0 Å². The maximum absolute atomic E-state index is 15.7. The van der Waals surface area contributed by atoms with E-state index in [0.29, 0.717) is 23.7 Å². The molecule has 0 amide bonds. The summed E-state index contributed by atoms with van der Waals surface area (Å²) in [6.45, 7) is 8.26. The lowest BCUT2D eigenvalue weighted by Gasteiger charge is -2.31. The number of aryl methyl sites for hydroxylation is 1. The van der Waals surface area contributed by atoms with E-state index in [1.165, 1.54) is 30.0 Å². The van der Waals surface area contributed by atoms with Crippen LogP contribution in [0, 0.1) is 6.92 Å². The highest BCUT2D eigenvalue weighted by molar-refractivity contribution is 7.52. The molecule has 6 atom stereocenters. The molecule has 1 saturated heterocycles. The number of para-hydroxylation sites is 1. The largest absolute Gasteiger partial charge is 0.462 e. The van der Waals surface area contributed by atoms with Crippen LogP contribution in [0.25, 0.3) is 11.2 Å². The fraction of sp³-hybridized carbons (Fsp3) is 0.538. The SMILES string of the molecule is CCNc1nc(C)nc2c1ncn2[C@@H]1O[C@](CCl)(CO[P@@](=O)(N[C@@H](C)C(=O)OC(C)C)Oc2ccccc2)[C@@H](O)[C@H]1F. The van der Waals surface area contributed by atoms with Crippen LogP contribution in [-0.4, -0.2) is 79.6 Å². The van der Waals surface area contributed by atoms with Gasteiger partial charge in [-0.15, -0.1) is 11.6 Å². The van der Waals surface area contributed by atoms with Crippen LogP contribution in [0.2, 0.25) is 0 Å². The third-order valence-corrected chi connectivity index (χ3v) is 8.43. The van der Waals surface area contributed by atoms with E-state index in [1.807, 2.05) is 6.92 Å². The fourth-order valence-corrected chi connectivity index (χ4v) is 6.18. The maximum Gasteiger partial charge on any atom is 0.459 e. The lowest BCUT2D eigenvalue weighted by Crippen LogP contribution is -2.48. The van der Waals surface area contributed by atoms with E-state index in [2.05, 4.69) is 25.4 Å². The number of imidazole rings is 1. The van der Waals surface area contributed by atoms with Crippen molar-refractivity contribution >= 4 is 42.3 Å². The summed E-state index contributed by atoms with van der Waals surface area (Å²) < 4.78 is 53.6. The zero-order chi connectivity index (χ0) is 30.7. The van der Waals surface area contributed by atoms with Crippen molar-refractivity contribution in [3.05, 3.63) is 42.5 Å². The van der Waals surface area contributed by atoms with E-state index in [-0.39, 0.29) is 11.4 Å². The summed E-state index contributed by atoms with van der Waals surface area (Å²) in [6, 6.07) is 7.00. The lowest BCUT2D eigenvalue weighted by atomic mass is 9.99. The molecule has 4 rings (SSSR count). The number of aliphatic hydroxyl groups excluding tert-OH is 1. The molecule has 1 aliphatic heterocycles. The minimum atomic E-state index is -4.36. The monoisotopic (exact) mass is 628 g/mol. The van der Waals surface area contributed by atoms with Crippen molar-refractivity contribution in [3.8, 4) is 5.75 Å². The molecule has 3 heterocycles. The van der Waals surface area contributed by atoms with Gasteiger partial charge in [-0.25, -0.2) is 23.9 Å². The first-order chi connectivity index (χ1) is 19.9. The van der Waals surface area contributed by atoms with Crippen molar-refractivity contribution in [2.75, 3.05) is 24.3 Å². The molecule has 1 fully saturated rings. The summed E-state index contributed by atoms with van der Waals surface area (Å²) in [7, 11) is -4.36. The third kappa shape index (κ3) is 6.85. The van der Waals surface area contributed by atoms with Gasteiger partial charge >= 0.3 is 13.7 Å². The van der Waals surface area contributed by atoms with Gasteiger partial charge in [0, 0.05) is 6.54 Å². The van der Waals surface area contributed by atoms with E-state index >= 15 is 4.39 Å². The average molecular weight is 629 g/mol. The van der Waals surface area contributed by atoms with Gasteiger partial charge in [0.25, 0.3) is 0 Å². The summed E-state index contributed by atoms with van der Waals surface area (Å²) in [4.78, 5) is 25.5. The molecule has 0 radical (unpaired) electrons. The van der Waals surface area contributed by atoms with Crippen molar-refractivity contribution in [3.63, 3.8) is 0 Å². The quantitative estimate of drug-likeness (QED) is 0.143. The van der Waals surface area contributed by atoms with Gasteiger partial charge in [-0.1, -0.05) is 18.2 Å². The van der Waals surface area contributed by atoms with Crippen molar-refractivity contribution < 1.29 is 37.4 Å². The fourth-order valence-electron chi connectivity index (χ4n) is 4.33. The molecule has 0 bridgehead atoms. The van der Waals surface area contributed by atoms with Crippen LogP contribution >= 0.6 is 19.3 Å². The van der Waals surface area contributed by atoms with Crippen LogP contribution in [0.5, 0.6) is 5.75 Å². The molecule has 13 nitrogen and oxygen atoms in total. The van der Waals surface area contributed by atoms with E-state index < -0.39 is 62.5 Å². The number of alkyl halides is 2. The number of anilines is 1. The number of nitrogens with one attached hydrogen (secondary N) is 2. The third-order valence-electron chi connectivity index (χ3n) is 6.35. The number of esters is 1. The molecule has 1 aliphatic rings. The van der Waals surface area contributed by atoms with Crippen LogP contribution in [0.3, 0.4) is 0 Å². The normalized spacial score (nSPS) is 24.5. The second kappa shape index (κ2) is 13.2. The Balaban J connectivity index is 1.61. The molecule has 0 aliphatic carbocycles. The summed E-state index contributed by atoms with van der Waals surface area (Å²) in [5.41, 5.74) is -1.20. The van der Waals surface area contributed by atoms with Gasteiger partial charge in [-0.2, -0.15) is 5.09 Å². The first-order valence-corrected chi connectivity index (χ1v) is 15.5. The minimum absolute atomic E-state index is 0.170. The summed E-state index contributed by atoms with van der Waals surface area (Å²) in [5, 5.41) is 16.7. The van der Waals surface area contributed by atoms with Gasteiger partial charge in [-0.05, 0) is 46.8 Å². The molecule has 3 aromatic rings. The number of rotatable bonds is 13. The molecule has 42 heavy (non-hydrogen) atoms. The first-order valence-electron chi connectivity index (χ1n) is 13.4. The first kappa shape index (κ1) is 32.1. The number of hydrogen-bond donors (Lipinski definition) is 3. The van der Waals surface area contributed by atoms with E-state index in [1.54, 1.807) is 39.0 Å². The number of nitrogens with zero attached hydrogens (tertiary/aromatic N) is 4. The molecule has 1 aromatic carbocycles. The van der Waals surface area contributed by atoms with Crippen molar-refractivity contribution in [1.29, 1.82) is 0 Å². The summed E-state index contributed by atoms with van der Waals surface area (Å²) in [6.07, 6.45) is -4.29. The number of ether oxygens (including phenoxy) is 2. The number of carbonyl (C=O) groups excluding carboxylic acids is 1. The predicted octanol–water partition coefficient (Wildman–Crippen LogP) is 3.91. The Kier molecular flexibility index (Phi) is 10.1. The second-order valence-electron chi connectivity index (χ2n) is 10.1. The Morgan fingerprint density at radius 2 is 2.00 bits per heavy atom. The highest BCUT2D eigenvalue weighted by atomic mass is 35.5. The van der Waals surface area contributed by atoms with E-state index in [0.717, 1.165) is 0 Å². The Morgan fingerprint density at radius 1 is 1.29 bits per heavy atom. The number of halogens is 2. The Labute approximate surface area is 247 Å².